The number of aromatic hydroxyl groups is 1. The predicted octanol–water partition coefficient (Wildman–Crippen LogP) is 7.37. The quantitative estimate of drug-likeness (QED) is 0.299. The Bertz CT molecular complexity index is 1260. The van der Waals surface area contributed by atoms with E-state index in [1.165, 1.54) is 0 Å². The van der Waals surface area contributed by atoms with Gasteiger partial charge in [0.15, 0.2) is 0 Å². The number of hydrogen-bond acceptors (Lipinski definition) is 5. The van der Waals surface area contributed by atoms with Crippen molar-refractivity contribution in [2.24, 2.45) is 0 Å². The molecule has 0 atom stereocenters. The Morgan fingerprint density at radius 2 is 1.25 bits per heavy atom. The Morgan fingerprint density at radius 1 is 0.750 bits per heavy atom. The summed E-state index contributed by atoms with van der Waals surface area (Å²) in [4.78, 5) is 0. The van der Waals surface area contributed by atoms with Crippen molar-refractivity contribution < 1.29 is 23.2 Å². The highest BCUT2D eigenvalue weighted by molar-refractivity contribution is 7.49. The molecule has 0 bridgehead atoms. The van der Waals surface area contributed by atoms with Crippen LogP contribution >= 0.6 is 7.82 Å². The number of phenols is 1. The fourth-order valence-corrected chi connectivity index (χ4v) is 4.93. The van der Waals surface area contributed by atoms with Crippen molar-refractivity contribution in [3.05, 3.63) is 95.6 Å². The molecule has 0 saturated carbocycles. The van der Waals surface area contributed by atoms with Crippen molar-refractivity contribution in [1.82, 2.24) is 0 Å². The molecule has 0 fully saturated rings. The van der Waals surface area contributed by atoms with Gasteiger partial charge < -0.3 is 18.7 Å². The van der Waals surface area contributed by atoms with Gasteiger partial charge in [0.05, 0.1) is 0 Å². The molecule has 0 aliphatic carbocycles. The molecule has 0 heterocycles. The van der Waals surface area contributed by atoms with Crippen molar-refractivity contribution in [3.63, 3.8) is 0 Å². The molecule has 4 rings (SSSR count). The summed E-state index contributed by atoms with van der Waals surface area (Å²) in [6, 6.07) is 23.4. The van der Waals surface area contributed by atoms with Gasteiger partial charge in [-0.1, -0.05) is 67.6 Å². The maximum Gasteiger partial charge on any atom is 0.647 e. The molecular weight excluding hydrogens is 423 g/mol. The van der Waals surface area contributed by atoms with Crippen LogP contribution in [0.25, 0.3) is 10.8 Å². The number of fused-ring (bicyclic) bond motifs is 1. The summed E-state index contributed by atoms with van der Waals surface area (Å²) >= 11 is 0. The van der Waals surface area contributed by atoms with Crippen LogP contribution in [0.1, 0.15) is 23.6 Å². The van der Waals surface area contributed by atoms with E-state index >= 15 is 0 Å². The van der Waals surface area contributed by atoms with Crippen LogP contribution in [0.2, 0.25) is 0 Å². The van der Waals surface area contributed by atoms with Gasteiger partial charge >= 0.3 is 7.82 Å². The summed E-state index contributed by atoms with van der Waals surface area (Å²) in [5.74, 6) is 1.32. The first-order valence-corrected chi connectivity index (χ1v) is 11.9. The van der Waals surface area contributed by atoms with Crippen molar-refractivity contribution >= 4 is 18.6 Å². The fraction of sp³-hybridized carbons (Fsp3) is 0.154. The highest BCUT2D eigenvalue weighted by Gasteiger charge is 2.35. The van der Waals surface area contributed by atoms with E-state index in [-0.39, 0.29) is 5.75 Å². The van der Waals surface area contributed by atoms with E-state index in [1.54, 1.807) is 36.4 Å². The van der Waals surface area contributed by atoms with E-state index in [4.69, 9.17) is 13.6 Å². The summed E-state index contributed by atoms with van der Waals surface area (Å²) in [6.07, 6.45) is 0.558. The molecule has 4 aromatic rings. The molecule has 5 nitrogen and oxygen atoms in total. The van der Waals surface area contributed by atoms with Crippen molar-refractivity contribution in [1.29, 1.82) is 0 Å². The number of phenolic OH excluding ortho intramolecular Hbond substituents is 1. The molecule has 32 heavy (non-hydrogen) atoms. The van der Waals surface area contributed by atoms with Gasteiger partial charge in [-0.15, -0.1) is 0 Å². The molecule has 0 aliphatic rings. The average Bonchev–Trinajstić information content (AvgIpc) is 2.79. The molecule has 0 spiro atoms. The van der Waals surface area contributed by atoms with E-state index in [0.29, 0.717) is 40.0 Å². The van der Waals surface area contributed by atoms with Crippen LogP contribution in [0.15, 0.2) is 78.9 Å². The van der Waals surface area contributed by atoms with Crippen molar-refractivity contribution in [3.8, 4) is 23.0 Å². The zero-order valence-corrected chi connectivity index (χ0v) is 19.1. The normalized spacial score (nSPS) is 11.3. The molecule has 0 radical (unpaired) electrons. The van der Waals surface area contributed by atoms with Gasteiger partial charge in [0, 0.05) is 10.8 Å². The Balaban J connectivity index is 1.84. The number of benzene rings is 4. The van der Waals surface area contributed by atoms with E-state index in [2.05, 4.69) is 0 Å². The highest BCUT2D eigenvalue weighted by Crippen LogP contribution is 2.53. The van der Waals surface area contributed by atoms with Gasteiger partial charge in [0.1, 0.15) is 23.0 Å². The monoisotopic (exact) mass is 448 g/mol. The largest absolute Gasteiger partial charge is 0.647 e. The number of aryl methyl sites for hydroxylation is 3. The second-order valence-electron chi connectivity index (χ2n) is 7.54. The number of para-hydroxylation sites is 2. The van der Waals surface area contributed by atoms with Gasteiger partial charge in [-0.05, 0) is 55.2 Å². The lowest BCUT2D eigenvalue weighted by atomic mass is 10.0. The number of hydrogen-bond donors (Lipinski definition) is 1. The standard InChI is InChI=1S/C26H25O5P/c1-4-20-17-23(27)21-13-7-8-14-22(21)26(20)31-32(28,29-24-15-9-5-11-18(24)2)30-25-16-10-6-12-19(25)3/h5-17,27H,4H2,1-3H3. The molecule has 6 heteroatoms. The maximum absolute atomic E-state index is 14.1. The van der Waals surface area contributed by atoms with Crippen LogP contribution in [-0.4, -0.2) is 5.11 Å². The molecule has 0 aromatic heterocycles. The molecule has 0 aliphatic heterocycles. The summed E-state index contributed by atoms with van der Waals surface area (Å²) < 4.78 is 32.0. The first-order valence-electron chi connectivity index (χ1n) is 10.4. The Labute approximate surface area is 187 Å². The summed E-state index contributed by atoms with van der Waals surface area (Å²) in [6.45, 7) is 5.66. The van der Waals surface area contributed by atoms with Crippen molar-refractivity contribution in [2.45, 2.75) is 27.2 Å². The van der Waals surface area contributed by atoms with E-state index in [0.717, 1.165) is 11.1 Å². The smallest absolute Gasteiger partial charge is 0.507 e. The SMILES string of the molecule is CCc1cc(O)c2ccccc2c1OP(=O)(Oc1ccccc1C)Oc1ccccc1C. The molecule has 0 amide bonds. The third-order valence-corrected chi connectivity index (χ3v) is 6.49. The Kier molecular flexibility index (Phi) is 6.11. The molecule has 4 aromatic carbocycles. The lowest BCUT2D eigenvalue weighted by Gasteiger charge is -2.23. The first kappa shape index (κ1) is 21.8. The fourth-order valence-electron chi connectivity index (χ4n) is 3.48. The number of phosphoric acid groups is 1. The maximum atomic E-state index is 14.1. The van der Waals surface area contributed by atoms with Crippen LogP contribution in [0.4, 0.5) is 0 Å². The number of phosphoric ester groups is 1. The summed E-state index contributed by atoms with van der Waals surface area (Å²) in [5, 5.41) is 11.7. The van der Waals surface area contributed by atoms with E-state index in [1.807, 2.05) is 63.2 Å². The summed E-state index contributed by atoms with van der Waals surface area (Å²) in [5.41, 5.74) is 2.30. The molecule has 1 N–H and O–H groups in total. The van der Waals surface area contributed by atoms with Crippen LogP contribution in [0.5, 0.6) is 23.0 Å². The number of rotatable bonds is 7. The van der Waals surface area contributed by atoms with Gasteiger partial charge in [0.25, 0.3) is 0 Å². The second-order valence-corrected chi connectivity index (χ2v) is 8.98. The Hall–Kier alpha value is -3.43. The van der Waals surface area contributed by atoms with Gasteiger partial charge in [-0.25, -0.2) is 0 Å². The minimum Gasteiger partial charge on any atom is -0.507 e. The summed E-state index contributed by atoms with van der Waals surface area (Å²) in [7, 11) is -4.18. The molecular formula is C26H25O5P. The lowest BCUT2D eigenvalue weighted by molar-refractivity contribution is 0.297. The minimum absolute atomic E-state index is 0.138. The predicted molar refractivity (Wildman–Crippen MR) is 127 cm³/mol. The van der Waals surface area contributed by atoms with E-state index in [9.17, 15) is 9.67 Å². The zero-order chi connectivity index (χ0) is 22.7. The third kappa shape index (κ3) is 4.44. The van der Waals surface area contributed by atoms with Crippen LogP contribution in [0, 0.1) is 13.8 Å². The highest BCUT2D eigenvalue weighted by atomic mass is 31.2. The lowest BCUT2D eigenvalue weighted by Crippen LogP contribution is -2.10. The minimum atomic E-state index is -4.18. The topological polar surface area (TPSA) is 65.0 Å². The second kappa shape index (κ2) is 8.97. The molecule has 0 saturated heterocycles. The van der Waals surface area contributed by atoms with Crippen LogP contribution in [0.3, 0.4) is 0 Å². The Morgan fingerprint density at radius 3 is 1.78 bits per heavy atom. The van der Waals surface area contributed by atoms with Gasteiger partial charge in [-0.2, -0.15) is 4.57 Å². The molecule has 164 valence electrons. The van der Waals surface area contributed by atoms with Crippen molar-refractivity contribution in [2.75, 3.05) is 0 Å². The zero-order valence-electron chi connectivity index (χ0n) is 18.2. The average molecular weight is 448 g/mol. The van der Waals surface area contributed by atoms with Crippen LogP contribution < -0.4 is 13.6 Å². The van der Waals surface area contributed by atoms with E-state index < -0.39 is 7.82 Å². The van der Waals surface area contributed by atoms with Crippen LogP contribution in [-0.2, 0) is 11.0 Å². The molecule has 0 unspecified atom stereocenters. The van der Waals surface area contributed by atoms with Gasteiger partial charge in [-0.3, -0.25) is 0 Å². The third-order valence-electron chi connectivity index (χ3n) is 5.24. The van der Waals surface area contributed by atoms with Gasteiger partial charge in [0.2, 0.25) is 0 Å². The first-order chi connectivity index (χ1) is 15.4.